The number of rotatable bonds is 3. The minimum Gasteiger partial charge on any atom is -0.482 e. The average Bonchev–Trinajstić information content (AvgIpc) is 2.77. The van der Waals surface area contributed by atoms with Gasteiger partial charge in [0.15, 0.2) is 11.5 Å². The zero-order chi connectivity index (χ0) is 20.9. The number of ether oxygens (including phenoxy) is 2. The van der Waals surface area contributed by atoms with Crippen LogP contribution in [0.25, 0.3) is 0 Å². The minimum atomic E-state index is -0.719. The van der Waals surface area contributed by atoms with Crippen molar-refractivity contribution in [3.63, 3.8) is 0 Å². The topological polar surface area (TPSA) is 67.9 Å². The van der Waals surface area contributed by atoms with Crippen LogP contribution in [-0.2, 0) is 9.59 Å². The highest BCUT2D eigenvalue weighted by Gasteiger charge is 2.33. The van der Waals surface area contributed by atoms with Gasteiger partial charge in [-0.3, -0.25) is 9.59 Å². The van der Waals surface area contributed by atoms with Crippen LogP contribution in [0.1, 0.15) is 31.7 Å². The number of amides is 2. The van der Waals surface area contributed by atoms with Gasteiger partial charge in [0.2, 0.25) is 12.0 Å². The Balaban J connectivity index is 1.31. The lowest BCUT2D eigenvalue weighted by atomic mass is 10.1. The number of anilines is 1. The fourth-order valence-electron chi connectivity index (χ4n) is 3.59. The van der Waals surface area contributed by atoms with Crippen molar-refractivity contribution in [2.45, 2.75) is 38.4 Å². The number of benzene rings is 2. The van der Waals surface area contributed by atoms with Crippen molar-refractivity contribution < 1.29 is 19.1 Å². The Morgan fingerprint density at radius 3 is 2.57 bits per heavy atom. The van der Waals surface area contributed by atoms with E-state index >= 15 is 0 Å². The second kappa shape index (κ2) is 8.91. The summed E-state index contributed by atoms with van der Waals surface area (Å²) in [5.41, 5.74) is 1.74. The van der Waals surface area contributed by atoms with Gasteiger partial charge in [-0.05, 0) is 56.2 Å². The SMILES string of the molecule is CC1Oc2ccccc2OC1C(=O)NCC#Cc1ccc(N2CCCCC2=O)cc1. The van der Waals surface area contributed by atoms with Crippen LogP contribution in [0.2, 0.25) is 0 Å². The van der Waals surface area contributed by atoms with E-state index in [0.717, 1.165) is 30.6 Å². The summed E-state index contributed by atoms with van der Waals surface area (Å²) in [7, 11) is 0. The molecule has 4 rings (SSSR count). The number of fused-ring (bicyclic) bond motifs is 1. The van der Waals surface area contributed by atoms with Crippen molar-refractivity contribution >= 4 is 17.5 Å². The Labute approximate surface area is 176 Å². The number of hydrogen-bond acceptors (Lipinski definition) is 4. The van der Waals surface area contributed by atoms with E-state index in [-0.39, 0.29) is 18.4 Å². The van der Waals surface area contributed by atoms with Gasteiger partial charge in [-0.15, -0.1) is 0 Å². The van der Waals surface area contributed by atoms with E-state index in [1.165, 1.54) is 0 Å². The second-order valence-electron chi connectivity index (χ2n) is 7.38. The maximum Gasteiger partial charge on any atom is 0.265 e. The maximum atomic E-state index is 12.5. The first-order chi connectivity index (χ1) is 14.6. The number of nitrogens with one attached hydrogen (secondary N) is 1. The van der Waals surface area contributed by atoms with Crippen LogP contribution in [0.4, 0.5) is 5.69 Å². The number of hydrogen-bond donors (Lipinski definition) is 1. The lowest BCUT2D eigenvalue weighted by Gasteiger charge is -2.30. The lowest BCUT2D eigenvalue weighted by molar-refractivity contribution is -0.133. The number of nitrogens with zero attached hydrogens (tertiary/aromatic N) is 1. The molecule has 6 nitrogen and oxygen atoms in total. The molecule has 0 saturated carbocycles. The molecular weight excluding hydrogens is 380 g/mol. The molecule has 154 valence electrons. The van der Waals surface area contributed by atoms with Gasteiger partial charge in [0.05, 0.1) is 6.54 Å². The smallest absolute Gasteiger partial charge is 0.265 e. The van der Waals surface area contributed by atoms with E-state index < -0.39 is 12.2 Å². The zero-order valence-electron chi connectivity index (χ0n) is 16.9. The second-order valence-corrected chi connectivity index (χ2v) is 7.38. The van der Waals surface area contributed by atoms with E-state index in [1.807, 2.05) is 47.4 Å². The molecule has 1 fully saturated rings. The number of piperidine rings is 1. The van der Waals surface area contributed by atoms with Gasteiger partial charge in [0, 0.05) is 24.2 Å². The van der Waals surface area contributed by atoms with Crippen molar-refractivity contribution in [1.82, 2.24) is 5.32 Å². The molecule has 2 aromatic rings. The van der Waals surface area contributed by atoms with Crippen molar-refractivity contribution in [2.24, 2.45) is 0 Å². The highest BCUT2D eigenvalue weighted by molar-refractivity contribution is 5.94. The van der Waals surface area contributed by atoms with Crippen LogP contribution in [0.3, 0.4) is 0 Å². The molecule has 1 N–H and O–H groups in total. The Kier molecular flexibility index (Phi) is 5.89. The van der Waals surface area contributed by atoms with Crippen molar-refractivity contribution in [3.8, 4) is 23.3 Å². The summed E-state index contributed by atoms with van der Waals surface area (Å²) in [4.78, 5) is 26.3. The Bertz CT molecular complexity index is 990. The van der Waals surface area contributed by atoms with Gasteiger partial charge in [-0.1, -0.05) is 24.0 Å². The summed E-state index contributed by atoms with van der Waals surface area (Å²) in [6.07, 6.45) is 1.50. The van der Waals surface area contributed by atoms with E-state index in [0.29, 0.717) is 17.9 Å². The van der Waals surface area contributed by atoms with Crippen molar-refractivity contribution in [3.05, 3.63) is 54.1 Å². The molecule has 2 atom stereocenters. The van der Waals surface area contributed by atoms with Crippen molar-refractivity contribution in [2.75, 3.05) is 18.0 Å². The standard InChI is InChI=1S/C24H24N2O4/c1-17-23(30-21-9-3-2-8-20(21)29-17)24(28)25-15-6-7-18-11-13-19(14-12-18)26-16-5-4-10-22(26)27/h2-3,8-9,11-14,17,23H,4-5,10,15-16H2,1H3,(H,25,28). The van der Waals surface area contributed by atoms with Crippen LogP contribution in [0.15, 0.2) is 48.5 Å². The molecule has 2 aromatic carbocycles. The molecule has 2 aliphatic heterocycles. The summed E-state index contributed by atoms with van der Waals surface area (Å²) in [6.45, 7) is 2.78. The zero-order valence-corrected chi connectivity index (χ0v) is 16.9. The van der Waals surface area contributed by atoms with Gasteiger partial charge in [-0.25, -0.2) is 0 Å². The number of para-hydroxylation sites is 2. The monoisotopic (exact) mass is 404 g/mol. The normalized spacial score (nSPS) is 20.2. The van der Waals surface area contributed by atoms with E-state index in [9.17, 15) is 9.59 Å². The first-order valence-electron chi connectivity index (χ1n) is 10.2. The molecule has 2 unspecified atom stereocenters. The molecule has 2 aliphatic rings. The Hall–Kier alpha value is -3.46. The highest BCUT2D eigenvalue weighted by Crippen LogP contribution is 2.33. The summed E-state index contributed by atoms with van der Waals surface area (Å²) in [5.74, 6) is 7.11. The van der Waals surface area contributed by atoms with Crippen LogP contribution in [0.5, 0.6) is 11.5 Å². The average molecular weight is 404 g/mol. The molecule has 0 aliphatic carbocycles. The molecule has 6 heteroatoms. The van der Waals surface area contributed by atoms with Crippen molar-refractivity contribution in [1.29, 1.82) is 0 Å². The molecule has 2 amide bonds. The van der Waals surface area contributed by atoms with Crippen LogP contribution in [-0.4, -0.2) is 37.1 Å². The van der Waals surface area contributed by atoms with Gasteiger partial charge in [0.25, 0.3) is 5.91 Å². The van der Waals surface area contributed by atoms with Crippen LogP contribution < -0.4 is 19.7 Å². The molecule has 0 radical (unpaired) electrons. The lowest BCUT2D eigenvalue weighted by Crippen LogP contribution is -2.49. The third-order valence-electron chi connectivity index (χ3n) is 5.19. The molecule has 0 aromatic heterocycles. The van der Waals surface area contributed by atoms with Gasteiger partial charge >= 0.3 is 0 Å². The first-order valence-corrected chi connectivity index (χ1v) is 10.2. The minimum absolute atomic E-state index is 0.175. The fraction of sp³-hybridized carbons (Fsp3) is 0.333. The number of carbonyl (C=O) groups is 2. The van der Waals surface area contributed by atoms with Gasteiger partial charge in [-0.2, -0.15) is 0 Å². The predicted octanol–water partition coefficient (Wildman–Crippen LogP) is 2.90. The summed E-state index contributed by atoms with van der Waals surface area (Å²) < 4.78 is 11.5. The third kappa shape index (κ3) is 4.41. The van der Waals surface area contributed by atoms with Crippen LogP contribution in [0, 0.1) is 11.8 Å². The summed E-state index contributed by atoms with van der Waals surface area (Å²) >= 11 is 0. The van der Waals surface area contributed by atoms with E-state index in [4.69, 9.17) is 9.47 Å². The largest absolute Gasteiger partial charge is 0.482 e. The number of carbonyl (C=O) groups excluding carboxylic acids is 2. The first kappa shape index (κ1) is 19.8. The van der Waals surface area contributed by atoms with Gasteiger partial charge in [0.1, 0.15) is 6.10 Å². The Morgan fingerprint density at radius 1 is 1.10 bits per heavy atom. The van der Waals surface area contributed by atoms with Gasteiger partial charge < -0.3 is 19.7 Å². The maximum absolute atomic E-state index is 12.5. The molecule has 0 spiro atoms. The predicted molar refractivity (Wildman–Crippen MR) is 113 cm³/mol. The highest BCUT2D eigenvalue weighted by atomic mass is 16.6. The third-order valence-corrected chi connectivity index (χ3v) is 5.19. The Morgan fingerprint density at radius 2 is 1.83 bits per heavy atom. The van der Waals surface area contributed by atoms with E-state index in [2.05, 4.69) is 17.2 Å². The molecule has 30 heavy (non-hydrogen) atoms. The van der Waals surface area contributed by atoms with Crippen LogP contribution >= 0.6 is 0 Å². The summed E-state index contributed by atoms with van der Waals surface area (Å²) in [5, 5.41) is 2.78. The quantitative estimate of drug-likeness (QED) is 0.799. The molecule has 2 heterocycles. The molecular formula is C24H24N2O4. The summed E-state index contributed by atoms with van der Waals surface area (Å²) in [6, 6.07) is 14.9. The molecule has 1 saturated heterocycles. The molecule has 0 bridgehead atoms. The van der Waals surface area contributed by atoms with E-state index in [1.54, 1.807) is 13.0 Å². The fourth-order valence-corrected chi connectivity index (χ4v) is 3.59.